The van der Waals surface area contributed by atoms with E-state index in [0.29, 0.717) is 34.5 Å². The fraction of sp³-hybridized carbons (Fsp3) is 0.0870. The van der Waals surface area contributed by atoms with E-state index in [0.717, 1.165) is 10.5 Å². The number of benzene rings is 3. The summed E-state index contributed by atoms with van der Waals surface area (Å²) < 4.78 is 25.5. The number of rotatable bonds is 6. The van der Waals surface area contributed by atoms with Crippen molar-refractivity contribution < 1.29 is 18.7 Å². The number of ether oxygens (including phenoxy) is 2. The van der Waals surface area contributed by atoms with Gasteiger partial charge in [0.15, 0.2) is 16.7 Å². The summed E-state index contributed by atoms with van der Waals surface area (Å²) in [7, 11) is 0. The first-order chi connectivity index (χ1) is 16.0. The van der Waals surface area contributed by atoms with E-state index in [1.54, 1.807) is 41.1 Å². The highest BCUT2D eigenvalue weighted by Gasteiger charge is 2.18. The fourth-order valence-corrected chi connectivity index (χ4v) is 4.37. The normalized spacial score (nSPS) is 12.1. The number of hydrogen-bond donors (Lipinski definition) is 1. The summed E-state index contributed by atoms with van der Waals surface area (Å²) in [6, 6.07) is 18.5. The number of aromatic nitrogens is 3. The molecule has 0 bridgehead atoms. The van der Waals surface area contributed by atoms with Gasteiger partial charge in [0.25, 0.3) is 5.91 Å². The van der Waals surface area contributed by atoms with Crippen LogP contribution in [-0.4, -0.2) is 27.5 Å². The first-order valence-corrected chi connectivity index (χ1v) is 11.1. The lowest BCUT2D eigenvalue weighted by molar-refractivity contribution is 0.102. The highest BCUT2D eigenvalue weighted by atomic mass is 35.5. The van der Waals surface area contributed by atoms with Crippen molar-refractivity contribution in [3.63, 3.8) is 0 Å². The van der Waals surface area contributed by atoms with Crippen LogP contribution in [-0.2, 0) is 6.54 Å². The number of carbonyl (C=O) groups is 1. The zero-order chi connectivity index (χ0) is 22.8. The molecule has 0 saturated heterocycles. The number of amides is 1. The maximum Gasteiger partial charge on any atom is 0.255 e. The summed E-state index contributed by atoms with van der Waals surface area (Å²) in [6.07, 6.45) is 0. The van der Waals surface area contributed by atoms with E-state index >= 15 is 0 Å². The second kappa shape index (κ2) is 9.13. The van der Waals surface area contributed by atoms with Gasteiger partial charge in [-0.05, 0) is 71.4 Å². The van der Waals surface area contributed by atoms with Gasteiger partial charge in [-0.2, -0.15) is 4.98 Å². The lowest BCUT2D eigenvalue weighted by Crippen LogP contribution is -2.12. The molecule has 2 heterocycles. The molecule has 0 fully saturated rings. The van der Waals surface area contributed by atoms with E-state index in [-0.39, 0.29) is 23.8 Å². The van der Waals surface area contributed by atoms with Crippen molar-refractivity contribution in [1.29, 1.82) is 0 Å². The zero-order valence-corrected chi connectivity index (χ0v) is 18.6. The van der Waals surface area contributed by atoms with Crippen molar-refractivity contribution in [3.8, 4) is 11.5 Å². The second-order valence-electron chi connectivity index (χ2n) is 7.07. The van der Waals surface area contributed by atoms with Crippen molar-refractivity contribution in [1.82, 2.24) is 14.8 Å². The van der Waals surface area contributed by atoms with Gasteiger partial charge in [-0.3, -0.25) is 4.79 Å². The van der Waals surface area contributed by atoms with Gasteiger partial charge in [0.05, 0.1) is 12.2 Å². The molecule has 1 aliphatic rings. The Morgan fingerprint density at radius 1 is 1.09 bits per heavy atom. The summed E-state index contributed by atoms with van der Waals surface area (Å²) in [5.41, 5.74) is 1.91. The van der Waals surface area contributed by atoms with E-state index in [4.69, 9.17) is 21.1 Å². The SMILES string of the molecule is O=C(Nc1ccccc1Sc1nc(Cl)nn1Cc1ccc(F)cc1)c1ccc2c(c1)OCO2. The Bertz CT molecular complexity index is 1330. The molecule has 0 saturated carbocycles. The molecule has 0 spiro atoms. The molecular weight excluding hydrogens is 467 g/mol. The summed E-state index contributed by atoms with van der Waals surface area (Å²) >= 11 is 7.38. The van der Waals surface area contributed by atoms with Crippen molar-refractivity contribution >= 4 is 35.0 Å². The number of halogens is 2. The highest BCUT2D eigenvalue weighted by Crippen LogP contribution is 2.35. The summed E-state index contributed by atoms with van der Waals surface area (Å²) in [5, 5.41) is 7.81. The minimum Gasteiger partial charge on any atom is -0.454 e. The maximum atomic E-state index is 13.2. The molecule has 7 nitrogen and oxygen atoms in total. The average molecular weight is 483 g/mol. The standard InChI is InChI=1S/C23H16ClFN4O3S/c24-22-27-23(29(28-22)12-14-5-8-16(25)9-6-14)33-20-4-2-1-3-17(20)26-21(30)15-7-10-18-19(11-15)32-13-31-18/h1-11H,12-13H2,(H,26,30). The first kappa shape index (κ1) is 21.3. The Morgan fingerprint density at radius 3 is 2.73 bits per heavy atom. The van der Waals surface area contributed by atoms with Crippen LogP contribution in [0.4, 0.5) is 10.1 Å². The monoisotopic (exact) mass is 482 g/mol. The Kier molecular flexibility index (Phi) is 5.89. The number of hydrogen-bond acceptors (Lipinski definition) is 6. The largest absolute Gasteiger partial charge is 0.454 e. The van der Waals surface area contributed by atoms with E-state index < -0.39 is 0 Å². The first-order valence-electron chi connectivity index (χ1n) is 9.88. The van der Waals surface area contributed by atoms with Crippen LogP contribution in [0, 0.1) is 5.82 Å². The fourth-order valence-electron chi connectivity index (χ4n) is 3.23. The molecule has 0 radical (unpaired) electrons. The Labute approximate surface area is 197 Å². The molecule has 5 rings (SSSR count). The molecule has 1 aliphatic heterocycles. The Hall–Kier alpha value is -3.56. The molecule has 1 N–H and O–H groups in total. The van der Waals surface area contributed by atoms with Crippen LogP contribution in [0.25, 0.3) is 0 Å². The van der Waals surface area contributed by atoms with Gasteiger partial charge in [-0.15, -0.1) is 5.10 Å². The van der Waals surface area contributed by atoms with Gasteiger partial charge in [-0.25, -0.2) is 9.07 Å². The molecule has 1 amide bonds. The number of para-hydroxylation sites is 1. The second-order valence-corrected chi connectivity index (χ2v) is 8.42. The number of fused-ring (bicyclic) bond motifs is 1. The van der Waals surface area contributed by atoms with E-state index in [1.807, 2.05) is 18.2 Å². The van der Waals surface area contributed by atoms with Crippen LogP contribution >= 0.6 is 23.4 Å². The van der Waals surface area contributed by atoms with Crippen LogP contribution < -0.4 is 14.8 Å². The lowest BCUT2D eigenvalue weighted by atomic mass is 10.2. The zero-order valence-electron chi connectivity index (χ0n) is 17.0. The van der Waals surface area contributed by atoms with Gasteiger partial charge >= 0.3 is 0 Å². The summed E-state index contributed by atoms with van der Waals surface area (Å²) in [6.45, 7) is 0.509. The van der Waals surface area contributed by atoms with Crippen molar-refractivity contribution in [2.45, 2.75) is 16.6 Å². The van der Waals surface area contributed by atoms with Crippen molar-refractivity contribution in [2.75, 3.05) is 12.1 Å². The molecule has 3 aromatic carbocycles. The quantitative estimate of drug-likeness (QED) is 0.404. The Balaban J connectivity index is 1.36. The topological polar surface area (TPSA) is 78.3 Å². The van der Waals surface area contributed by atoms with E-state index in [9.17, 15) is 9.18 Å². The third kappa shape index (κ3) is 4.79. The predicted octanol–water partition coefficient (Wildman–Crippen LogP) is 5.25. The molecule has 4 aromatic rings. The Morgan fingerprint density at radius 2 is 1.88 bits per heavy atom. The van der Waals surface area contributed by atoms with Crippen LogP contribution in [0.5, 0.6) is 11.5 Å². The van der Waals surface area contributed by atoms with Gasteiger partial charge < -0.3 is 14.8 Å². The molecule has 0 unspecified atom stereocenters. The van der Waals surface area contributed by atoms with Gasteiger partial charge in [0.2, 0.25) is 12.1 Å². The van der Waals surface area contributed by atoms with Crippen LogP contribution in [0.1, 0.15) is 15.9 Å². The van der Waals surface area contributed by atoms with Gasteiger partial charge in [-0.1, -0.05) is 24.3 Å². The molecular formula is C23H16ClFN4O3S. The van der Waals surface area contributed by atoms with Crippen molar-refractivity contribution in [3.05, 3.63) is 89.0 Å². The smallest absolute Gasteiger partial charge is 0.255 e. The third-order valence-electron chi connectivity index (χ3n) is 4.83. The number of nitrogens with one attached hydrogen (secondary N) is 1. The van der Waals surface area contributed by atoms with E-state index in [2.05, 4.69) is 15.4 Å². The minimum atomic E-state index is -0.308. The molecule has 166 valence electrons. The van der Waals surface area contributed by atoms with Crippen LogP contribution in [0.2, 0.25) is 5.28 Å². The molecule has 33 heavy (non-hydrogen) atoms. The summed E-state index contributed by atoms with van der Waals surface area (Å²) in [5.74, 6) is 0.554. The predicted molar refractivity (Wildman–Crippen MR) is 122 cm³/mol. The molecule has 0 aliphatic carbocycles. The number of anilines is 1. The van der Waals surface area contributed by atoms with Gasteiger partial charge in [0, 0.05) is 10.5 Å². The molecule has 0 atom stereocenters. The van der Waals surface area contributed by atoms with Crippen molar-refractivity contribution in [2.24, 2.45) is 0 Å². The minimum absolute atomic E-state index is 0.0986. The molecule has 10 heteroatoms. The van der Waals surface area contributed by atoms with Gasteiger partial charge in [0.1, 0.15) is 5.82 Å². The van der Waals surface area contributed by atoms with Crippen LogP contribution in [0.3, 0.4) is 0 Å². The lowest BCUT2D eigenvalue weighted by Gasteiger charge is -2.11. The van der Waals surface area contributed by atoms with Crippen LogP contribution in [0.15, 0.2) is 76.8 Å². The maximum absolute atomic E-state index is 13.2. The number of nitrogens with zero attached hydrogens (tertiary/aromatic N) is 3. The average Bonchev–Trinajstić information content (AvgIpc) is 3.42. The van der Waals surface area contributed by atoms with E-state index in [1.165, 1.54) is 23.9 Å². The molecule has 1 aromatic heterocycles. The third-order valence-corrected chi connectivity index (χ3v) is 6.05. The summed E-state index contributed by atoms with van der Waals surface area (Å²) in [4.78, 5) is 17.9. The number of carbonyl (C=O) groups excluding carboxylic acids is 1. The highest BCUT2D eigenvalue weighted by molar-refractivity contribution is 7.99.